The number of nitrogens with one attached hydrogen (secondary N) is 1. The van der Waals surface area contributed by atoms with Crippen LogP contribution >= 0.6 is 0 Å². The summed E-state index contributed by atoms with van der Waals surface area (Å²) < 4.78 is 41.7. The molecule has 1 saturated heterocycles. The van der Waals surface area contributed by atoms with Crippen molar-refractivity contribution in [1.29, 1.82) is 0 Å². The Labute approximate surface area is 93.9 Å². The van der Waals surface area contributed by atoms with Crippen molar-refractivity contribution in [3.8, 4) is 0 Å². The van der Waals surface area contributed by atoms with Crippen molar-refractivity contribution in [3.05, 3.63) is 0 Å². The molecule has 0 bridgehead atoms. The zero-order valence-electron chi connectivity index (χ0n) is 9.68. The Morgan fingerprint density at radius 2 is 2.19 bits per heavy atom. The maximum absolute atomic E-state index is 12.1. The zero-order chi connectivity index (χ0) is 12.2. The standard InChI is InChI=1S/C10H19F3N2O/c1-8(9-7-14-4-6-16-9)15(2)5-3-10(11,12)13/h8-9,14H,3-7H2,1-2H3. The van der Waals surface area contributed by atoms with Crippen LogP contribution in [0.5, 0.6) is 0 Å². The summed E-state index contributed by atoms with van der Waals surface area (Å²) in [4.78, 5) is 1.70. The fourth-order valence-electron chi connectivity index (χ4n) is 1.69. The highest BCUT2D eigenvalue weighted by molar-refractivity contribution is 4.79. The number of hydrogen-bond acceptors (Lipinski definition) is 3. The predicted molar refractivity (Wildman–Crippen MR) is 55.4 cm³/mol. The molecule has 2 atom stereocenters. The molecule has 1 rings (SSSR count). The SMILES string of the molecule is CC(C1CNCCO1)N(C)CCC(F)(F)F. The molecule has 0 aromatic heterocycles. The summed E-state index contributed by atoms with van der Waals surface area (Å²) in [6.07, 6.45) is -4.87. The second-order valence-corrected chi connectivity index (χ2v) is 4.20. The van der Waals surface area contributed by atoms with Crippen LogP contribution in [0, 0.1) is 0 Å². The van der Waals surface area contributed by atoms with Crippen molar-refractivity contribution in [2.24, 2.45) is 0 Å². The lowest BCUT2D eigenvalue weighted by molar-refractivity contribution is -0.140. The Kier molecular flexibility index (Phi) is 5.01. The van der Waals surface area contributed by atoms with Crippen LogP contribution in [0.3, 0.4) is 0 Å². The molecule has 1 fully saturated rings. The molecule has 0 aliphatic carbocycles. The van der Waals surface area contributed by atoms with Crippen LogP contribution in [-0.2, 0) is 4.74 Å². The van der Waals surface area contributed by atoms with Crippen LogP contribution in [0.2, 0.25) is 0 Å². The van der Waals surface area contributed by atoms with E-state index in [9.17, 15) is 13.2 Å². The summed E-state index contributed by atoms with van der Waals surface area (Å²) in [5, 5.41) is 3.17. The molecule has 1 N–H and O–H groups in total. The Bertz CT molecular complexity index is 205. The fraction of sp³-hybridized carbons (Fsp3) is 1.00. The summed E-state index contributed by atoms with van der Waals surface area (Å²) in [7, 11) is 1.70. The van der Waals surface area contributed by atoms with Gasteiger partial charge in [-0.05, 0) is 14.0 Å². The Morgan fingerprint density at radius 3 is 2.69 bits per heavy atom. The van der Waals surface area contributed by atoms with Gasteiger partial charge in [0.05, 0.1) is 19.1 Å². The van der Waals surface area contributed by atoms with E-state index in [2.05, 4.69) is 5.32 Å². The van der Waals surface area contributed by atoms with Crippen LogP contribution in [0.4, 0.5) is 13.2 Å². The molecule has 96 valence electrons. The smallest absolute Gasteiger partial charge is 0.374 e. The van der Waals surface area contributed by atoms with E-state index in [1.54, 1.807) is 11.9 Å². The lowest BCUT2D eigenvalue weighted by Crippen LogP contribution is -2.50. The first-order valence-electron chi connectivity index (χ1n) is 5.49. The number of likely N-dealkylation sites (N-methyl/N-ethyl adjacent to an activating group) is 1. The average molecular weight is 240 g/mol. The van der Waals surface area contributed by atoms with Crippen molar-refractivity contribution in [2.75, 3.05) is 33.3 Å². The van der Waals surface area contributed by atoms with Crippen LogP contribution in [-0.4, -0.2) is 56.5 Å². The average Bonchev–Trinajstić information content (AvgIpc) is 2.25. The largest absolute Gasteiger partial charge is 0.390 e. The number of rotatable bonds is 4. The molecule has 0 saturated carbocycles. The topological polar surface area (TPSA) is 24.5 Å². The van der Waals surface area contributed by atoms with Crippen molar-refractivity contribution < 1.29 is 17.9 Å². The highest BCUT2D eigenvalue weighted by Gasteiger charge is 2.30. The Hall–Kier alpha value is -0.330. The van der Waals surface area contributed by atoms with Gasteiger partial charge in [-0.1, -0.05) is 0 Å². The van der Waals surface area contributed by atoms with Crippen LogP contribution < -0.4 is 5.32 Å². The van der Waals surface area contributed by atoms with E-state index in [4.69, 9.17) is 4.74 Å². The molecule has 0 amide bonds. The minimum atomic E-state index is -4.08. The third kappa shape index (κ3) is 4.67. The third-order valence-corrected chi connectivity index (χ3v) is 2.94. The van der Waals surface area contributed by atoms with Gasteiger partial charge in [0, 0.05) is 25.7 Å². The summed E-state index contributed by atoms with van der Waals surface area (Å²) >= 11 is 0. The van der Waals surface area contributed by atoms with Gasteiger partial charge in [0.2, 0.25) is 0 Å². The number of alkyl halides is 3. The molecule has 6 heteroatoms. The maximum atomic E-state index is 12.1. The quantitative estimate of drug-likeness (QED) is 0.800. The van der Waals surface area contributed by atoms with Gasteiger partial charge < -0.3 is 15.0 Å². The van der Waals surface area contributed by atoms with Crippen molar-refractivity contribution >= 4 is 0 Å². The highest BCUT2D eigenvalue weighted by Crippen LogP contribution is 2.20. The minimum absolute atomic E-state index is 0.00449. The van der Waals surface area contributed by atoms with Crippen molar-refractivity contribution in [2.45, 2.75) is 31.7 Å². The van der Waals surface area contributed by atoms with Gasteiger partial charge in [-0.25, -0.2) is 0 Å². The van der Waals surface area contributed by atoms with Gasteiger partial charge in [-0.15, -0.1) is 0 Å². The molecule has 16 heavy (non-hydrogen) atoms. The molecule has 1 aliphatic rings. The molecule has 0 aromatic carbocycles. The van der Waals surface area contributed by atoms with Gasteiger partial charge in [-0.2, -0.15) is 13.2 Å². The van der Waals surface area contributed by atoms with E-state index in [0.29, 0.717) is 13.2 Å². The van der Waals surface area contributed by atoms with E-state index in [1.165, 1.54) is 0 Å². The zero-order valence-corrected chi connectivity index (χ0v) is 9.68. The maximum Gasteiger partial charge on any atom is 0.390 e. The number of nitrogens with zero attached hydrogens (tertiary/aromatic N) is 1. The summed E-state index contributed by atoms with van der Waals surface area (Å²) in [6.45, 7) is 4.06. The van der Waals surface area contributed by atoms with E-state index in [1.807, 2.05) is 6.92 Å². The van der Waals surface area contributed by atoms with E-state index >= 15 is 0 Å². The van der Waals surface area contributed by atoms with Gasteiger partial charge >= 0.3 is 6.18 Å². The third-order valence-electron chi connectivity index (χ3n) is 2.94. The summed E-state index contributed by atoms with van der Waals surface area (Å²) in [5.41, 5.74) is 0. The first kappa shape index (κ1) is 13.7. The van der Waals surface area contributed by atoms with Crippen LogP contribution in [0.25, 0.3) is 0 Å². The Balaban J connectivity index is 2.31. The normalized spacial score (nSPS) is 24.8. The molecule has 2 unspecified atom stereocenters. The summed E-state index contributed by atoms with van der Waals surface area (Å²) in [6, 6.07) is -0.00449. The van der Waals surface area contributed by atoms with Gasteiger partial charge in [0.25, 0.3) is 0 Å². The lowest BCUT2D eigenvalue weighted by atomic mass is 10.1. The molecular weight excluding hydrogens is 221 g/mol. The van der Waals surface area contributed by atoms with Crippen LogP contribution in [0.15, 0.2) is 0 Å². The van der Waals surface area contributed by atoms with Crippen molar-refractivity contribution in [3.63, 3.8) is 0 Å². The lowest BCUT2D eigenvalue weighted by Gasteiger charge is -2.34. The summed E-state index contributed by atoms with van der Waals surface area (Å²) in [5.74, 6) is 0. The van der Waals surface area contributed by atoms with E-state index in [-0.39, 0.29) is 18.7 Å². The monoisotopic (exact) mass is 240 g/mol. The van der Waals surface area contributed by atoms with Gasteiger partial charge in [0.1, 0.15) is 0 Å². The van der Waals surface area contributed by atoms with Crippen LogP contribution in [0.1, 0.15) is 13.3 Å². The second kappa shape index (κ2) is 5.84. The molecular formula is C10H19F3N2O. The van der Waals surface area contributed by atoms with Gasteiger partial charge in [-0.3, -0.25) is 0 Å². The highest BCUT2D eigenvalue weighted by atomic mass is 19.4. The molecule has 0 spiro atoms. The molecule has 0 radical (unpaired) electrons. The Morgan fingerprint density at radius 1 is 1.50 bits per heavy atom. The fourth-order valence-corrected chi connectivity index (χ4v) is 1.69. The molecule has 1 aliphatic heterocycles. The number of morpholine rings is 1. The second-order valence-electron chi connectivity index (χ2n) is 4.20. The number of ether oxygens (including phenoxy) is 1. The molecule has 0 aromatic rings. The van der Waals surface area contributed by atoms with Gasteiger partial charge in [0.15, 0.2) is 0 Å². The predicted octanol–water partition coefficient (Wildman–Crippen LogP) is 1.25. The molecule has 3 nitrogen and oxygen atoms in total. The molecule has 1 heterocycles. The van der Waals surface area contributed by atoms with E-state index in [0.717, 1.165) is 6.54 Å². The van der Waals surface area contributed by atoms with E-state index < -0.39 is 12.6 Å². The first-order chi connectivity index (χ1) is 7.40. The number of halogens is 3. The minimum Gasteiger partial charge on any atom is -0.374 e. The van der Waals surface area contributed by atoms with Crippen molar-refractivity contribution in [1.82, 2.24) is 10.2 Å². The first-order valence-corrected chi connectivity index (χ1v) is 5.49. The number of hydrogen-bond donors (Lipinski definition) is 1.